The molecule has 1 unspecified atom stereocenters. The van der Waals surface area contributed by atoms with E-state index in [1.54, 1.807) is 0 Å². The molecule has 0 bridgehead atoms. The van der Waals surface area contributed by atoms with Gasteiger partial charge in [-0.05, 0) is 86.4 Å². The Balaban J connectivity index is 2.09. The Kier molecular flexibility index (Phi) is 6.71. The smallest absolute Gasteiger partial charge is 0.0717 e. The van der Waals surface area contributed by atoms with E-state index in [2.05, 4.69) is 90.2 Å². The highest BCUT2D eigenvalue weighted by atomic mass is 14.3. The van der Waals surface area contributed by atoms with Crippen LogP contribution in [-0.2, 0) is 6.42 Å². The molecule has 1 heteroatoms. The molecule has 0 N–H and O–H groups in total. The van der Waals surface area contributed by atoms with Crippen LogP contribution >= 0.6 is 0 Å². The third-order valence-electron chi connectivity index (χ3n) is 6.45. The van der Waals surface area contributed by atoms with Gasteiger partial charge in [0, 0.05) is 5.92 Å². The lowest BCUT2D eigenvalue weighted by Crippen LogP contribution is -2.12. The number of hydrogen-bond donors (Lipinski definition) is 0. The summed E-state index contributed by atoms with van der Waals surface area (Å²) in [6.07, 6.45) is 2.42. The van der Waals surface area contributed by atoms with Crippen LogP contribution in [0.4, 0.5) is 0 Å². The Hall–Kier alpha value is -2.54. The van der Waals surface area contributed by atoms with Crippen molar-refractivity contribution in [2.45, 2.75) is 53.8 Å². The van der Waals surface area contributed by atoms with Crippen LogP contribution in [-0.4, -0.2) is 7.85 Å². The number of aryl methyl sites for hydroxylation is 3. The van der Waals surface area contributed by atoms with Crippen LogP contribution in [0, 0.1) is 26.7 Å². The van der Waals surface area contributed by atoms with Crippen molar-refractivity contribution in [1.29, 1.82) is 0 Å². The number of benzene rings is 2. The van der Waals surface area contributed by atoms with Gasteiger partial charge < -0.3 is 0 Å². The minimum atomic E-state index is 0.279. The molecule has 3 rings (SSSR count). The summed E-state index contributed by atoms with van der Waals surface area (Å²) >= 11 is 0. The molecule has 0 aliphatic heterocycles. The summed E-state index contributed by atoms with van der Waals surface area (Å²) in [5, 5.41) is 0. The van der Waals surface area contributed by atoms with Crippen LogP contribution in [0.15, 0.2) is 83.5 Å². The molecular weight excluding hydrogens is 359 g/mol. The lowest BCUT2D eigenvalue weighted by atomic mass is 9.80. The monoisotopic (exact) mass is 392 g/mol. The van der Waals surface area contributed by atoms with Crippen LogP contribution in [0.25, 0.3) is 5.57 Å². The topological polar surface area (TPSA) is 0 Å². The third-order valence-corrected chi connectivity index (χ3v) is 6.45. The zero-order valence-corrected chi connectivity index (χ0v) is 19.2. The molecule has 152 valence electrons. The molecule has 0 saturated carbocycles. The predicted molar refractivity (Wildman–Crippen MR) is 133 cm³/mol. The summed E-state index contributed by atoms with van der Waals surface area (Å²) in [5.41, 5.74) is 14.3. The Bertz CT molecular complexity index is 1020. The highest BCUT2D eigenvalue weighted by Crippen LogP contribution is 2.47. The van der Waals surface area contributed by atoms with Crippen LogP contribution in [0.5, 0.6) is 0 Å². The first-order chi connectivity index (χ1) is 14.2. The largest absolute Gasteiger partial charge is 0.0995 e. The molecule has 0 nitrogen and oxygen atoms in total. The summed E-state index contributed by atoms with van der Waals surface area (Å²) in [7, 11) is 6.30. The minimum Gasteiger partial charge on any atom is -0.0995 e. The minimum absolute atomic E-state index is 0.279. The molecule has 0 heterocycles. The molecule has 1 aliphatic carbocycles. The maximum absolute atomic E-state index is 6.30. The predicted octanol–water partition coefficient (Wildman–Crippen LogP) is 7.66. The van der Waals surface area contributed by atoms with Crippen molar-refractivity contribution in [1.82, 2.24) is 0 Å². The second kappa shape index (κ2) is 9.08. The van der Waals surface area contributed by atoms with E-state index >= 15 is 0 Å². The molecule has 30 heavy (non-hydrogen) atoms. The molecule has 0 spiro atoms. The average molecular weight is 392 g/mol. The molecular formula is C29H33B. The highest BCUT2D eigenvalue weighted by molar-refractivity contribution is 6.12. The first-order valence-corrected chi connectivity index (χ1v) is 10.8. The van der Waals surface area contributed by atoms with Crippen molar-refractivity contribution in [3.63, 3.8) is 0 Å². The van der Waals surface area contributed by atoms with Gasteiger partial charge in [-0.3, -0.25) is 0 Å². The SMILES string of the molecule is [B]CC1=C(c2ccc(C)cc2)CC(C(Cc2c(C)cccc2C)C(=C)C)=C1C(=C)C. The molecule has 0 fully saturated rings. The fourth-order valence-corrected chi connectivity index (χ4v) is 4.79. The Labute approximate surface area is 184 Å². The molecule has 0 amide bonds. The number of hydrogen-bond acceptors (Lipinski definition) is 0. The maximum Gasteiger partial charge on any atom is 0.0717 e. The van der Waals surface area contributed by atoms with E-state index in [-0.39, 0.29) is 5.92 Å². The molecule has 1 atom stereocenters. The van der Waals surface area contributed by atoms with Gasteiger partial charge in [0.2, 0.25) is 0 Å². The van der Waals surface area contributed by atoms with E-state index in [0.29, 0.717) is 6.32 Å². The van der Waals surface area contributed by atoms with E-state index in [0.717, 1.165) is 18.4 Å². The van der Waals surface area contributed by atoms with E-state index in [1.165, 1.54) is 55.7 Å². The van der Waals surface area contributed by atoms with Crippen molar-refractivity contribution >= 4 is 13.4 Å². The van der Waals surface area contributed by atoms with Crippen molar-refractivity contribution in [3.05, 3.63) is 111 Å². The van der Waals surface area contributed by atoms with E-state index in [9.17, 15) is 0 Å². The van der Waals surface area contributed by atoms with Gasteiger partial charge in [0.15, 0.2) is 0 Å². The van der Waals surface area contributed by atoms with Crippen LogP contribution in [0.3, 0.4) is 0 Å². The normalized spacial score (nSPS) is 15.0. The van der Waals surface area contributed by atoms with E-state index in [1.807, 2.05) is 0 Å². The van der Waals surface area contributed by atoms with Crippen LogP contribution < -0.4 is 0 Å². The first kappa shape index (κ1) is 22.2. The second-order valence-electron chi connectivity index (χ2n) is 8.86. The van der Waals surface area contributed by atoms with Crippen molar-refractivity contribution in [2.75, 3.05) is 0 Å². The molecule has 1 aliphatic rings. The van der Waals surface area contributed by atoms with Crippen molar-refractivity contribution in [3.8, 4) is 0 Å². The molecule has 0 saturated heterocycles. The average Bonchev–Trinajstić information content (AvgIpc) is 3.07. The van der Waals surface area contributed by atoms with E-state index in [4.69, 9.17) is 7.85 Å². The van der Waals surface area contributed by atoms with Gasteiger partial charge in [-0.2, -0.15) is 0 Å². The fraction of sp³-hybridized carbons (Fsp3) is 0.310. The maximum atomic E-state index is 6.30. The van der Waals surface area contributed by atoms with Crippen molar-refractivity contribution < 1.29 is 0 Å². The highest BCUT2D eigenvalue weighted by Gasteiger charge is 2.30. The van der Waals surface area contributed by atoms with Crippen LogP contribution in [0.2, 0.25) is 6.32 Å². The molecule has 2 aromatic carbocycles. The zero-order chi connectivity index (χ0) is 22.0. The standard InChI is InChI=1S/C29H33B/c1-18(2)24(15-25-21(6)9-8-10-22(25)7)27-16-26(23-13-11-20(5)12-14-23)28(17-30)29(27)19(3)4/h8-14,24H,1,3,15-17H2,2,4-7H3. The zero-order valence-electron chi connectivity index (χ0n) is 19.2. The van der Waals surface area contributed by atoms with Crippen molar-refractivity contribution in [2.24, 2.45) is 5.92 Å². The Morgan fingerprint density at radius 2 is 1.57 bits per heavy atom. The quantitative estimate of drug-likeness (QED) is 0.335. The van der Waals surface area contributed by atoms with Gasteiger partial charge in [0.25, 0.3) is 0 Å². The molecule has 2 aromatic rings. The summed E-state index contributed by atoms with van der Waals surface area (Å²) in [6.45, 7) is 19.5. The Morgan fingerprint density at radius 3 is 2.07 bits per heavy atom. The van der Waals surface area contributed by atoms with Crippen LogP contribution in [0.1, 0.15) is 48.1 Å². The van der Waals surface area contributed by atoms with Gasteiger partial charge in [-0.15, -0.1) is 0 Å². The summed E-state index contributed by atoms with van der Waals surface area (Å²) in [6, 6.07) is 15.4. The first-order valence-electron chi connectivity index (χ1n) is 10.8. The number of rotatable bonds is 7. The third kappa shape index (κ3) is 4.31. The lowest BCUT2D eigenvalue weighted by Gasteiger charge is -2.24. The lowest BCUT2D eigenvalue weighted by molar-refractivity contribution is 0.689. The number of allylic oxidation sites excluding steroid dienone is 6. The van der Waals surface area contributed by atoms with Gasteiger partial charge in [0.1, 0.15) is 0 Å². The van der Waals surface area contributed by atoms with Gasteiger partial charge in [0.05, 0.1) is 7.85 Å². The van der Waals surface area contributed by atoms with Gasteiger partial charge in [-0.25, -0.2) is 0 Å². The molecule has 0 aromatic heterocycles. The summed E-state index contributed by atoms with van der Waals surface area (Å²) < 4.78 is 0. The van der Waals surface area contributed by atoms with E-state index < -0.39 is 0 Å². The Morgan fingerprint density at radius 1 is 0.967 bits per heavy atom. The fourth-order valence-electron chi connectivity index (χ4n) is 4.79. The second-order valence-corrected chi connectivity index (χ2v) is 8.86. The van der Waals surface area contributed by atoms with Gasteiger partial charge >= 0.3 is 0 Å². The molecule has 2 radical (unpaired) electrons. The summed E-state index contributed by atoms with van der Waals surface area (Å²) in [5.74, 6) is 0.279. The van der Waals surface area contributed by atoms with Gasteiger partial charge in [-0.1, -0.05) is 84.2 Å². The summed E-state index contributed by atoms with van der Waals surface area (Å²) in [4.78, 5) is 0.